The minimum atomic E-state index is -3.51. The van der Waals surface area contributed by atoms with Gasteiger partial charge in [-0.2, -0.15) is 0 Å². The zero-order chi connectivity index (χ0) is 11.1. The second-order valence-electron chi connectivity index (χ2n) is 2.80. The minimum absolute atomic E-state index is 0.181. The van der Waals surface area contributed by atoms with Gasteiger partial charge in [0.2, 0.25) is 0 Å². The van der Waals surface area contributed by atoms with Crippen molar-refractivity contribution in [3.63, 3.8) is 0 Å². The van der Waals surface area contributed by atoms with Gasteiger partial charge >= 0.3 is 36.0 Å². The summed E-state index contributed by atoms with van der Waals surface area (Å²) in [5.74, 6) is 0. The molecule has 0 aromatic heterocycles. The van der Waals surface area contributed by atoms with E-state index in [2.05, 4.69) is 0 Å². The summed E-state index contributed by atoms with van der Waals surface area (Å²) in [5.41, 5.74) is -0.708. The molecule has 0 spiro atoms. The van der Waals surface area contributed by atoms with E-state index in [1.165, 1.54) is 0 Å². The molecule has 0 saturated carbocycles. The average Bonchev–Trinajstić information content (AvgIpc) is 2.00. The van der Waals surface area contributed by atoms with Crippen LogP contribution in [0, 0.1) is 5.41 Å². The summed E-state index contributed by atoms with van der Waals surface area (Å²) < 4.78 is 0. The number of hydrogen-bond acceptors (Lipinski definition) is 6. The van der Waals surface area contributed by atoms with E-state index < -0.39 is 11.6 Å². The fourth-order valence-corrected chi connectivity index (χ4v) is 0.150. The zero-order valence-electron chi connectivity index (χ0n) is 7.16. The molecule has 0 aromatic carbocycles. The Bertz CT molecular complexity index is 148. The van der Waals surface area contributed by atoms with Crippen LogP contribution < -0.4 is 0 Å². The predicted molar refractivity (Wildman–Crippen MR) is 48.7 cm³/mol. The Kier molecular flexibility index (Phi) is 8.77. The third kappa shape index (κ3) is 15.5. The Morgan fingerprint density at radius 2 is 1.15 bits per heavy atom. The van der Waals surface area contributed by atoms with Gasteiger partial charge in [-0.1, -0.05) is 6.92 Å². The first-order chi connectivity index (χ1) is 5.68. The van der Waals surface area contributed by atoms with Crippen molar-refractivity contribution in [1.29, 1.82) is 0 Å². The van der Waals surface area contributed by atoms with E-state index in [0.29, 0.717) is 0 Å². The SMILES string of the molecule is CC(CO)(CO)CO.OP(O)(O)=[Se]. The topological polar surface area (TPSA) is 121 Å². The van der Waals surface area contributed by atoms with Crippen molar-refractivity contribution in [3.05, 3.63) is 0 Å². The standard InChI is InChI=1S/C5H12O3.H3O3PSe/c1-5(2-6,3-7)4-8;1-4(2,3)5/h6-8H,2-4H2,1H3;(H3,1,2,3,5). The number of aliphatic hydroxyl groups is 3. The van der Waals surface area contributed by atoms with Crippen LogP contribution in [0.2, 0.25) is 0 Å². The van der Waals surface area contributed by atoms with Crippen LogP contribution in [-0.2, 0) is 0 Å². The van der Waals surface area contributed by atoms with Gasteiger partial charge in [0.25, 0.3) is 0 Å². The van der Waals surface area contributed by atoms with Crippen LogP contribution in [-0.4, -0.2) is 64.9 Å². The summed E-state index contributed by atoms with van der Waals surface area (Å²) in [6, 6.07) is 0. The van der Waals surface area contributed by atoms with Crippen molar-refractivity contribution < 1.29 is 30.0 Å². The fraction of sp³-hybridized carbons (Fsp3) is 1.00. The van der Waals surface area contributed by atoms with Crippen LogP contribution in [0.5, 0.6) is 0 Å². The quantitative estimate of drug-likeness (QED) is 0.257. The molecule has 0 aliphatic heterocycles. The molecule has 8 heteroatoms. The van der Waals surface area contributed by atoms with Crippen molar-refractivity contribution in [3.8, 4) is 0 Å². The van der Waals surface area contributed by atoms with Crippen molar-refractivity contribution in [2.24, 2.45) is 5.41 Å². The predicted octanol–water partition coefficient (Wildman–Crippen LogP) is -2.22. The summed E-state index contributed by atoms with van der Waals surface area (Å²) in [6.45, 7) is 1.06. The molecule has 0 aliphatic carbocycles. The zero-order valence-corrected chi connectivity index (χ0v) is 9.77. The molecule has 0 atom stereocenters. The second kappa shape index (κ2) is 7.06. The van der Waals surface area contributed by atoms with E-state index in [1.54, 1.807) is 22.0 Å². The fourth-order valence-electron chi connectivity index (χ4n) is 0.150. The molecular formula is C5H15O6PSe. The summed E-state index contributed by atoms with van der Waals surface area (Å²) in [6.07, 6.45) is -3.51. The third-order valence-electron chi connectivity index (χ3n) is 1.15. The van der Waals surface area contributed by atoms with Crippen molar-refractivity contribution >= 4 is 21.3 Å². The Labute approximate surface area is 83.9 Å². The number of aliphatic hydroxyl groups excluding tert-OH is 3. The number of rotatable bonds is 3. The summed E-state index contributed by atoms with van der Waals surface area (Å²) in [4.78, 5) is 23.1. The van der Waals surface area contributed by atoms with Gasteiger partial charge < -0.3 is 15.3 Å². The maximum absolute atomic E-state index is 8.47. The molecule has 0 aromatic rings. The molecule has 0 fully saturated rings. The van der Waals surface area contributed by atoms with Crippen molar-refractivity contribution in [2.45, 2.75) is 6.92 Å². The monoisotopic (exact) mass is 282 g/mol. The normalized spacial score (nSPS) is 11.9. The Morgan fingerprint density at radius 3 is 1.15 bits per heavy atom. The molecule has 13 heavy (non-hydrogen) atoms. The van der Waals surface area contributed by atoms with E-state index in [1.807, 2.05) is 0 Å². The van der Waals surface area contributed by atoms with E-state index in [4.69, 9.17) is 30.0 Å². The van der Waals surface area contributed by atoms with Gasteiger partial charge in [-0.15, -0.1) is 0 Å². The molecular weight excluding hydrogens is 266 g/mol. The van der Waals surface area contributed by atoms with Gasteiger partial charge in [-0.3, -0.25) is 0 Å². The van der Waals surface area contributed by atoms with Crippen molar-refractivity contribution in [1.82, 2.24) is 0 Å². The summed E-state index contributed by atoms with van der Waals surface area (Å²) >= 11 is 1.76. The van der Waals surface area contributed by atoms with Crippen molar-refractivity contribution in [2.75, 3.05) is 19.8 Å². The Morgan fingerprint density at radius 1 is 1.00 bits per heavy atom. The van der Waals surface area contributed by atoms with Crippen LogP contribution in [0.4, 0.5) is 0 Å². The van der Waals surface area contributed by atoms with Gasteiger partial charge in [0.15, 0.2) is 0 Å². The van der Waals surface area contributed by atoms with Crippen LogP contribution in [0.15, 0.2) is 0 Å². The molecule has 0 heterocycles. The van der Waals surface area contributed by atoms with E-state index >= 15 is 0 Å². The van der Waals surface area contributed by atoms with Crippen LogP contribution >= 0.6 is 6.19 Å². The van der Waals surface area contributed by atoms with Gasteiger partial charge in [-0.25, -0.2) is 0 Å². The van der Waals surface area contributed by atoms with Crippen LogP contribution in [0.25, 0.3) is 0 Å². The third-order valence-corrected chi connectivity index (χ3v) is 1.15. The molecule has 0 radical (unpaired) electrons. The molecule has 6 N–H and O–H groups in total. The Hall–Kier alpha value is 0.709. The maximum atomic E-state index is 8.47. The Balaban J connectivity index is 0. The van der Waals surface area contributed by atoms with Crippen LogP contribution in [0.3, 0.4) is 0 Å². The van der Waals surface area contributed by atoms with Gasteiger partial charge in [0, 0.05) is 5.41 Å². The van der Waals surface area contributed by atoms with E-state index in [0.717, 1.165) is 0 Å². The molecule has 0 bridgehead atoms. The molecule has 0 unspecified atom stereocenters. The average molecular weight is 281 g/mol. The summed E-state index contributed by atoms with van der Waals surface area (Å²) in [5, 5.41) is 25.4. The molecule has 0 rings (SSSR count). The number of hydrogen-bond donors (Lipinski definition) is 6. The summed E-state index contributed by atoms with van der Waals surface area (Å²) in [7, 11) is 0. The van der Waals surface area contributed by atoms with Gasteiger partial charge in [-0.05, 0) is 0 Å². The second-order valence-corrected chi connectivity index (χ2v) is 6.91. The van der Waals surface area contributed by atoms with Gasteiger partial charge in [0.05, 0.1) is 19.8 Å². The first-order valence-corrected chi connectivity index (χ1v) is 7.16. The molecule has 0 aliphatic rings. The first-order valence-electron chi connectivity index (χ1n) is 3.29. The van der Waals surface area contributed by atoms with E-state index in [9.17, 15) is 0 Å². The van der Waals surface area contributed by atoms with Crippen LogP contribution in [0.1, 0.15) is 6.92 Å². The van der Waals surface area contributed by atoms with E-state index in [-0.39, 0.29) is 19.8 Å². The molecule has 6 nitrogen and oxygen atoms in total. The molecule has 0 amide bonds. The molecule has 0 saturated heterocycles. The molecule has 82 valence electrons. The van der Waals surface area contributed by atoms with Gasteiger partial charge in [0.1, 0.15) is 0 Å². The first kappa shape index (κ1) is 16.2.